The molecule has 1 heterocycles. The van der Waals surface area contributed by atoms with E-state index in [9.17, 15) is 14.4 Å². The van der Waals surface area contributed by atoms with E-state index in [1.807, 2.05) is 0 Å². The van der Waals surface area contributed by atoms with E-state index in [0.29, 0.717) is 10.7 Å². The number of benzene rings is 1. The molecule has 2 rings (SSSR count). The number of aliphatic carboxylic acids is 1. The van der Waals surface area contributed by atoms with Crippen molar-refractivity contribution in [3.63, 3.8) is 0 Å². The van der Waals surface area contributed by atoms with Crippen LogP contribution in [0.2, 0.25) is 5.02 Å². The zero-order valence-corrected chi connectivity index (χ0v) is 14.2. The van der Waals surface area contributed by atoms with Gasteiger partial charge in [0.15, 0.2) is 0 Å². The second-order valence-corrected chi connectivity index (χ2v) is 7.25. The van der Waals surface area contributed by atoms with Gasteiger partial charge in [0.1, 0.15) is 6.04 Å². The summed E-state index contributed by atoms with van der Waals surface area (Å²) < 4.78 is 0. The molecule has 124 valence electrons. The van der Waals surface area contributed by atoms with Crippen LogP contribution in [0.25, 0.3) is 0 Å². The Morgan fingerprint density at radius 1 is 1.43 bits per heavy atom. The van der Waals surface area contributed by atoms with Crippen LogP contribution >= 0.6 is 23.4 Å². The number of carboxylic acids is 1. The van der Waals surface area contributed by atoms with Crippen molar-refractivity contribution in [2.45, 2.75) is 36.5 Å². The summed E-state index contributed by atoms with van der Waals surface area (Å²) in [4.78, 5) is 36.1. The Hall–Kier alpha value is -1.73. The Morgan fingerprint density at radius 2 is 2.13 bits per heavy atom. The number of amides is 2. The smallest absolute Gasteiger partial charge is 0.326 e. The number of anilines is 1. The fourth-order valence-electron chi connectivity index (χ4n) is 2.17. The lowest BCUT2D eigenvalue weighted by Crippen LogP contribution is -2.46. The third kappa shape index (κ3) is 4.39. The molecule has 0 aromatic heterocycles. The van der Waals surface area contributed by atoms with Crippen LogP contribution in [0.15, 0.2) is 23.1 Å². The molecule has 0 aliphatic carbocycles. The largest absolute Gasteiger partial charge is 0.480 e. The fourth-order valence-corrected chi connectivity index (χ4v) is 3.43. The lowest BCUT2D eigenvalue weighted by atomic mass is 10.0. The molecule has 1 aromatic carbocycles. The van der Waals surface area contributed by atoms with Gasteiger partial charge in [0, 0.05) is 16.3 Å². The number of hydrogen-bond acceptors (Lipinski definition) is 4. The normalized spacial score (nSPS) is 18.1. The monoisotopic (exact) mass is 356 g/mol. The molecule has 2 amide bonds. The van der Waals surface area contributed by atoms with E-state index >= 15 is 0 Å². The summed E-state index contributed by atoms with van der Waals surface area (Å²) in [7, 11) is 0. The van der Waals surface area contributed by atoms with Gasteiger partial charge in [-0.05, 0) is 24.1 Å². The molecule has 1 aliphatic rings. The molecule has 0 spiro atoms. The van der Waals surface area contributed by atoms with E-state index < -0.39 is 23.2 Å². The minimum absolute atomic E-state index is 0.0882. The van der Waals surface area contributed by atoms with Crippen LogP contribution in [0.3, 0.4) is 0 Å². The molecule has 23 heavy (non-hydrogen) atoms. The summed E-state index contributed by atoms with van der Waals surface area (Å²) in [6.45, 7) is 3.42. The number of halogens is 1. The second-order valence-electron chi connectivity index (χ2n) is 5.57. The van der Waals surface area contributed by atoms with Crippen LogP contribution < -0.4 is 10.6 Å². The molecule has 0 saturated heterocycles. The van der Waals surface area contributed by atoms with Crippen molar-refractivity contribution in [1.82, 2.24) is 5.32 Å². The molecule has 1 aliphatic heterocycles. The van der Waals surface area contributed by atoms with Crippen LogP contribution in [0.4, 0.5) is 5.69 Å². The molecule has 0 bridgehead atoms. The van der Waals surface area contributed by atoms with Crippen molar-refractivity contribution in [3.05, 3.63) is 23.2 Å². The van der Waals surface area contributed by atoms with E-state index in [1.165, 1.54) is 11.8 Å². The van der Waals surface area contributed by atoms with Crippen molar-refractivity contribution >= 4 is 46.8 Å². The lowest BCUT2D eigenvalue weighted by molar-refractivity contribution is -0.143. The highest BCUT2D eigenvalue weighted by Gasteiger charge is 2.31. The molecule has 0 fully saturated rings. The first-order valence-electron chi connectivity index (χ1n) is 7.07. The number of fused-ring (bicyclic) bond motifs is 1. The third-order valence-electron chi connectivity index (χ3n) is 3.38. The van der Waals surface area contributed by atoms with Crippen molar-refractivity contribution in [3.8, 4) is 0 Å². The van der Waals surface area contributed by atoms with Gasteiger partial charge >= 0.3 is 5.97 Å². The van der Waals surface area contributed by atoms with Crippen LogP contribution in [0, 0.1) is 5.92 Å². The van der Waals surface area contributed by atoms with Crippen LogP contribution in [-0.4, -0.2) is 34.2 Å². The van der Waals surface area contributed by atoms with Crippen LogP contribution in [0.1, 0.15) is 20.3 Å². The minimum atomic E-state index is -1.09. The van der Waals surface area contributed by atoms with E-state index in [0.717, 1.165) is 4.90 Å². The number of thioether (sulfide) groups is 1. The average Bonchev–Trinajstić information content (AvgIpc) is 2.45. The maximum atomic E-state index is 12.1. The highest BCUT2D eigenvalue weighted by Crippen LogP contribution is 2.38. The predicted octanol–water partition coefficient (Wildman–Crippen LogP) is 2.37. The van der Waals surface area contributed by atoms with E-state index in [2.05, 4.69) is 10.6 Å². The molecule has 6 nitrogen and oxygen atoms in total. The Balaban J connectivity index is 2.03. The minimum Gasteiger partial charge on any atom is -0.480 e. The Bertz CT molecular complexity index is 650. The van der Waals surface area contributed by atoms with Crippen molar-refractivity contribution in [1.29, 1.82) is 0 Å². The van der Waals surface area contributed by atoms with Gasteiger partial charge in [-0.25, -0.2) is 4.79 Å². The summed E-state index contributed by atoms with van der Waals surface area (Å²) in [5, 5.41) is 14.2. The maximum Gasteiger partial charge on any atom is 0.326 e. The molecular weight excluding hydrogens is 340 g/mol. The quantitative estimate of drug-likeness (QED) is 0.752. The number of rotatable bonds is 5. The van der Waals surface area contributed by atoms with Crippen molar-refractivity contribution in [2.24, 2.45) is 5.92 Å². The van der Waals surface area contributed by atoms with Gasteiger partial charge in [-0.3, -0.25) is 9.59 Å². The van der Waals surface area contributed by atoms with Crippen molar-refractivity contribution in [2.75, 3.05) is 5.32 Å². The number of carbonyl (C=O) groups excluding carboxylic acids is 2. The lowest BCUT2D eigenvalue weighted by Gasteiger charge is -2.25. The van der Waals surface area contributed by atoms with Gasteiger partial charge in [0.2, 0.25) is 11.8 Å². The highest BCUT2D eigenvalue weighted by molar-refractivity contribution is 8.01. The third-order valence-corrected chi connectivity index (χ3v) is 4.89. The molecule has 2 atom stereocenters. The van der Waals surface area contributed by atoms with E-state index in [4.69, 9.17) is 16.7 Å². The SMILES string of the molecule is CC(C)C(NC(=O)CC1Sc2ccc(Cl)cc2NC1=O)C(=O)O. The molecular formula is C15H17ClN2O4S. The number of nitrogens with one attached hydrogen (secondary N) is 2. The van der Waals surface area contributed by atoms with Crippen LogP contribution in [0.5, 0.6) is 0 Å². The van der Waals surface area contributed by atoms with E-state index in [-0.39, 0.29) is 18.2 Å². The van der Waals surface area contributed by atoms with Gasteiger partial charge in [-0.1, -0.05) is 25.4 Å². The predicted molar refractivity (Wildman–Crippen MR) is 88.7 cm³/mol. The summed E-state index contributed by atoms with van der Waals surface area (Å²) >= 11 is 7.15. The Kier molecular flexibility index (Phi) is 5.54. The molecule has 1 aromatic rings. The molecule has 0 radical (unpaired) electrons. The molecule has 8 heteroatoms. The molecule has 3 N–H and O–H groups in total. The Morgan fingerprint density at radius 3 is 2.74 bits per heavy atom. The molecule has 0 saturated carbocycles. The number of carbonyl (C=O) groups is 3. The summed E-state index contributed by atoms with van der Waals surface area (Å²) in [6.07, 6.45) is -0.0882. The van der Waals surface area contributed by atoms with Gasteiger partial charge in [0.25, 0.3) is 0 Å². The first-order chi connectivity index (χ1) is 10.8. The van der Waals surface area contributed by atoms with Gasteiger partial charge in [0.05, 0.1) is 10.9 Å². The number of hydrogen-bond donors (Lipinski definition) is 3. The maximum absolute atomic E-state index is 12.1. The summed E-state index contributed by atoms with van der Waals surface area (Å²) in [5.74, 6) is -2.09. The fraction of sp³-hybridized carbons (Fsp3) is 0.400. The van der Waals surface area contributed by atoms with Gasteiger partial charge in [-0.15, -0.1) is 11.8 Å². The first-order valence-corrected chi connectivity index (χ1v) is 8.33. The highest BCUT2D eigenvalue weighted by atomic mass is 35.5. The Labute approximate surface area is 143 Å². The average molecular weight is 357 g/mol. The zero-order valence-electron chi connectivity index (χ0n) is 12.6. The summed E-state index contributed by atoms with van der Waals surface area (Å²) in [6, 6.07) is 4.17. The summed E-state index contributed by atoms with van der Waals surface area (Å²) in [5.41, 5.74) is 0.620. The molecule has 2 unspecified atom stereocenters. The van der Waals surface area contributed by atoms with Crippen molar-refractivity contribution < 1.29 is 19.5 Å². The first kappa shape index (κ1) is 17.6. The number of carboxylic acid groups (broad SMARTS) is 1. The second kappa shape index (κ2) is 7.23. The zero-order chi connectivity index (χ0) is 17.1. The van der Waals surface area contributed by atoms with Gasteiger partial charge < -0.3 is 15.7 Å². The van der Waals surface area contributed by atoms with E-state index in [1.54, 1.807) is 32.0 Å². The van der Waals surface area contributed by atoms with Crippen LogP contribution in [-0.2, 0) is 14.4 Å². The van der Waals surface area contributed by atoms with Gasteiger partial charge in [-0.2, -0.15) is 0 Å². The topological polar surface area (TPSA) is 95.5 Å². The standard InChI is InChI=1S/C15H17ClN2O4S/c1-7(2)13(15(21)22)18-12(19)6-11-14(20)17-9-5-8(16)3-4-10(9)23-11/h3-5,7,11,13H,6H2,1-2H3,(H,17,20)(H,18,19)(H,21,22).